The van der Waals surface area contributed by atoms with Gasteiger partial charge in [-0.25, -0.2) is 0 Å². The maximum Gasteiger partial charge on any atom is 0.249 e. The van der Waals surface area contributed by atoms with Gasteiger partial charge in [-0.05, 0) is 42.5 Å². The van der Waals surface area contributed by atoms with Crippen LogP contribution in [0, 0.1) is 6.92 Å². The number of hydrogen-bond donors (Lipinski definition) is 2. The van der Waals surface area contributed by atoms with Crippen molar-refractivity contribution in [3.8, 4) is 0 Å². The zero-order valence-electron chi connectivity index (χ0n) is 10.5. The van der Waals surface area contributed by atoms with Crippen LogP contribution in [0.25, 0.3) is 0 Å². The highest BCUT2D eigenvalue weighted by atomic mass is 16.1. The number of benzene rings is 1. The van der Waals surface area contributed by atoms with Gasteiger partial charge in [-0.1, -0.05) is 13.8 Å². The van der Waals surface area contributed by atoms with E-state index in [4.69, 9.17) is 11.5 Å². The first-order valence-electron chi connectivity index (χ1n) is 5.68. The summed E-state index contributed by atoms with van der Waals surface area (Å²) < 4.78 is 0. The van der Waals surface area contributed by atoms with Gasteiger partial charge in [0.15, 0.2) is 0 Å². The molecule has 0 aromatic heterocycles. The molecule has 4 N–H and O–H groups in total. The number of carbonyl (C=O) groups excluding carboxylic acids is 2. The van der Waals surface area contributed by atoms with E-state index in [1.807, 2.05) is 20.8 Å². The molecular weight excluding hydrogens is 216 g/mol. The molecule has 0 aliphatic carbocycles. The third-order valence-corrected chi connectivity index (χ3v) is 2.98. The van der Waals surface area contributed by atoms with E-state index in [0.717, 1.165) is 11.1 Å². The molecule has 0 radical (unpaired) electrons. The van der Waals surface area contributed by atoms with Gasteiger partial charge in [-0.3, -0.25) is 9.59 Å². The third kappa shape index (κ3) is 2.30. The van der Waals surface area contributed by atoms with Crippen LogP contribution in [0.3, 0.4) is 0 Å². The lowest BCUT2D eigenvalue weighted by Crippen LogP contribution is -2.22. The van der Waals surface area contributed by atoms with Crippen LogP contribution in [0.2, 0.25) is 0 Å². The number of carbonyl (C=O) groups is 2. The molecule has 92 valence electrons. The minimum atomic E-state index is -0.518. The van der Waals surface area contributed by atoms with E-state index in [2.05, 4.69) is 0 Å². The van der Waals surface area contributed by atoms with E-state index in [9.17, 15) is 9.59 Å². The number of aryl methyl sites for hydroxylation is 1. The molecule has 0 fully saturated rings. The molecule has 4 nitrogen and oxygen atoms in total. The summed E-state index contributed by atoms with van der Waals surface area (Å²) in [4.78, 5) is 22.9. The number of hydrogen-bond acceptors (Lipinski definition) is 2. The first-order valence-corrected chi connectivity index (χ1v) is 5.68. The molecule has 0 spiro atoms. The van der Waals surface area contributed by atoms with Crippen molar-refractivity contribution in [3.63, 3.8) is 0 Å². The first-order chi connectivity index (χ1) is 7.93. The van der Waals surface area contributed by atoms with Crippen molar-refractivity contribution in [2.75, 3.05) is 0 Å². The smallest absolute Gasteiger partial charge is 0.249 e. The Bertz CT molecular complexity index is 479. The SMILES string of the molecule is CCc1c(C)cc(C(N)=O)c(CC)c1C(N)=O. The zero-order chi connectivity index (χ0) is 13.2. The summed E-state index contributed by atoms with van der Waals surface area (Å²) in [6.45, 7) is 5.69. The van der Waals surface area contributed by atoms with E-state index in [0.29, 0.717) is 29.5 Å². The third-order valence-electron chi connectivity index (χ3n) is 2.98. The highest BCUT2D eigenvalue weighted by molar-refractivity contribution is 6.02. The summed E-state index contributed by atoms with van der Waals surface area (Å²) in [7, 11) is 0. The molecule has 0 atom stereocenters. The summed E-state index contributed by atoms with van der Waals surface area (Å²) in [5, 5.41) is 0. The Balaban J connectivity index is 3.71. The van der Waals surface area contributed by atoms with Gasteiger partial charge >= 0.3 is 0 Å². The second kappa shape index (κ2) is 4.99. The monoisotopic (exact) mass is 234 g/mol. The quantitative estimate of drug-likeness (QED) is 0.823. The van der Waals surface area contributed by atoms with E-state index >= 15 is 0 Å². The Morgan fingerprint density at radius 1 is 1.06 bits per heavy atom. The Morgan fingerprint density at radius 2 is 1.59 bits per heavy atom. The lowest BCUT2D eigenvalue weighted by atomic mass is 9.89. The minimum absolute atomic E-state index is 0.399. The van der Waals surface area contributed by atoms with Crippen LogP contribution in [0.15, 0.2) is 6.07 Å². The lowest BCUT2D eigenvalue weighted by molar-refractivity contribution is 0.0998. The standard InChI is InChI=1S/C13H18N2O2/c1-4-8-7(3)6-10(12(14)16)9(5-2)11(8)13(15)17/h6H,4-5H2,1-3H3,(H2,14,16)(H2,15,17). The molecule has 1 aromatic carbocycles. The average molecular weight is 234 g/mol. The molecule has 1 aromatic rings. The first kappa shape index (κ1) is 13.2. The maximum absolute atomic E-state index is 11.6. The summed E-state index contributed by atoms with van der Waals surface area (Å²) >= 11 is 0. The Kier molecular flexibility index (Phi) is 3.89. The molecule has 0 saturated heterocycles. The Hall–Kier alpha value is -1.84. The molecule has 0 heterocycles. The van der Waals surface area contributed by atoms with Gasteiger partial charge < -0.3 is 11.5 Å². The number of primary amides is 2. The normalized spacial score (nSPS) is 10.3. The molecule has 0 bridgehead atoms. The van der Waals surface area contributed by atoms with Crippen LogP contribution in [0.1, 0.15) is 51.3 Å². The van der Waals surface area contributed by atoms with Crippen molar-refractivity contribution in [1.29, 1.82) is 0 Å². The predicted octanol–water partition coefficient (Wildman–Crippen LogP) is 1.32. The highest BCUT2D eigenvalue weighted by Gasteiger charge is 2.20. The fourth-order valence-corrected chi connectivity index (χ4v) is 2.24. The van der Waals surface area contributed by atoms with Crippen LogP contribution in [0.4, 0.5) is 0 Å². The van der Waals surface area contributed by atoms with Gasteiger partial charge in [-0.2, -0.15) is 0 Å². The maximum atomic E-state index is 11.6. The van der Waals surface area contributed by atoms with E-state index in [1.165, 1.54) is 0 Å². The van der Waals surface area contributed by atoms with Crippen LogP contribution in [-0.4, -0.2) is 11.8 Å². The molecule has 0 aliphatic rings. The van der Waals surface area contributed by atoms with Crippen LogP contribution >= 0.6 is 0 Å². The zero-order valence-corrected chi connectivity index (χ0v) is 10.5. The van der Waals surface area contributed by atoms with Crippen molar-refractivity contribution < 1.29 is 9.59 Å². The molecular formula is C13H18N2O2. The summed E-state index contributed by atoms with van der Waals surface area (Å²) in [6, 6.07) is 1.74. The fraction of sp³-hybridized carbons (Fsp3) is 0.385. The minimum Gasteiger partial charge on any atom is -0.366 e. The van der Waals surface area contributed by atoms with Crippen LogP contribution < -0.4 is 11.5 Å². The predicted molar refractivity (Wildman–Crippen MR) is 67.0 cm³/mol. The average Bonchev–Trinajstić information content (AvgIpc) is 2.26. The van der Waals surface area contributed by atoms with E-state index in [-0.39, 0.29) is 0 Å². The summed E-state index contributed by atoms with van der Waals surface area (Å²) in [5.74, 6) is -1.01. The second-order valence-corrected chi connectivity index (χ2v) is 4.01. The molecule has 0 aliphatic heterocycles. The number of rotatable bonds is 4. The van der Waals surface area contributed by atoms with Crippen molar-refractivity contribution in [3.05, 3.63) is 33.9 Å². The van der Waals surface area contributed by atoms with Crippen LogP contribution in [-0.2, 0) is 12.8 Å². The van der Waals surface area contributed by atoms with Gasteiger partial charge in [0.1, 0.15) is 0 Å². The van der Waals surface area contributed by atoms with Gasteiger partial charge in [0.05, 0.1) is 0 Å². The van der Waals surface area contributed by atoms with Gasteiger partial charge in [0, 0.05) is 11.1 Å². The number of amides is 2. The molecule has 0 unspecified atom stereocenters. The largest absolute Gasteiger partial charge is 0.366 e. The highest BCUT2D eigenvalue weighted by Crippen LogP contribution is 2.24. The van der Waals surface area contributed by atoms with E-state index in [1.54, 1.807) is 6.07 Å². The van der Waals surface area contributed by atoms with Gasteiger partial charge in [0.25, 0.3) is 0 Å². The Morgan fingerprint density at radius 3 is 1.94 bits per heavy atom. The van der Waals surface area contributed by atoms with Crippen molar-refractivity contribution in [2.45, 2.75) is 33.6 Å². The van der Waals surface area contributed by atoms with Crippen molar-refractivity contribution in [2.24, 2.45) is 11.5 Å². The number of nitrogens with two attached hydrogens (primary N) is 2. The molecule has 0 saturated carbocycles. The molecule has 1 rings (SSSR count). The molecule has 17 heavy (non-hydrogen) atoms. The fourth-order valence-electron chi connectivity index (χ4n) is 2.24. The summed E-state index contributed by atoms with van der Waals surface area (Å²) in [5.41, 5.74) is 14.0. The van der Waals surface area contributed by atoms with Crippen LogP contribution in [0.5, 0.6) is 0 Å². The van der Waals surface area contributed by atoms with Gasteiger partial charge in [-0.15, -0.1) is 0 Å². The molecule has 2 amide bonds. The Labute approximate surface area is 101 Å². The van der Waals surface area contributed by atoms with E-state index < -0.39 is 11.8 Å². The topological polar surface area (TPSA) is 86.2 Å². The summed E-state index contributed by atoms with van der Waals surface area (Å²) in [6.07, 6.45) is 1.26. The van der Waals surface area contributed by atoms with Crippen molar-refractivity contribution >= 4 is 11.8 Å². The molecule has 4 heteroatoms. The van der Waals surface area contributed by atoms with Gasteiger partial charge in [0.2, 0.25) is 11.8 Å². The second-order valence-electron chi connectivity index (χ2n) is 4.01. The van der Waals surface area contributed by atoms with Crippen molar-refractivity contribution in [1.82, 2.24) is 0 Å². The lowest BCUT2D eigenvalue weighted by Gasteiger charge is -2.16.